The molecule has 1 unspecified atom stereocenters. The van der Waals surface area contributed by atoms with Gasteiger partial charge >= 0.3 is 5.97 Å². The third-order valence-corrected chi connectivity index (χ3v) is 4.08. The molecule has 0 aliphatic carbocycles. The normalized spacial score (nSPS) is 17.4. The van der Waals surface area contributed by atoms with E-state index in [-0.39, 0.29) is 17.7 Å². The zero-order valence-electron chi connectivity index (χ0n) is 11.5. The summed E-state index contributed by atoms with van der Waals surface area (Å²) in [5.74, 6) is -0.107. The van der Waals surface area contributed by atoms with Crippen molar-refractivity contribution in [2.75, 3.05) is 7.11 Å². The number of hydrogen-bond acceptors (Lipinski definition) is 3. The Balaban J connectivity index is 1.99. The van der Waals surface area contributed by atoms with Crippen LogP contribution in [0.2, 0.25) is 5.15 Å². The quantitative estimate of drug-likeness (QED) is 0.801. The van der Waals surface area contributed by atoms with E-state index >= 15 is 0 Å². The summed E-state index contributed by atoms with van der Waals surface area (Å²) in [5.41, 5.74) is 1.48. The average molecular weight is 309 g/mol. The molecule has 1 aromatic heterocycles. The molecule has 0 amide bonds. The number of rotatable bonds is 2. The van der Waals surface area contributed by atoms with Gasteiger partial charge in [0, 0.05) is 18.5 Å². The number of nitrogens with zero attached hydrogens (tertiary/aromatic N) is 2. The predicted molar refractivity (Wildman–Crippen MR) is 76.5 cm³/mol. The predicted octanol–water partition coefficient (Wildman–Crippen LogP) is 3.08. The Morgan fingerprint density at radius 1 is 1.52 bits per heavy atom. The van der Waals surface area contributed by atoms with Crippen LogP contribution >= 0.6 is 11.6 Å². The van der Waals surface area contributed by atoms with E-state index in [2.05, 4.69) is 4.98 Å². The maximum absolute atomic E-state index is 13.4. The van der Waals surface area contributed by atoms with Crippen LogP contribution in [0.5, 0.6) is 0 Å². The molecule has 0 radical (unpaired) electrons. The van der Waals surface area contributed by atoms with Crippen molar-refractivity contribution in [3.8, 4) is 11.4 Å². The average Bonchev–Trinajstić information content (AvgIpc) is 2.83. The van der Waals surface area contributed by atoms with Crippen molar-refractivity contribution >= 4 is 17.6 Å². The minimum Gasteiger partial charge on any atom is -0.469 e. The minimum atomic E-state index is -0.316. The fourth-order valence-corrected chi connectivity index (χ4v) is 2.99. The highest BCUT2D eigenvalue weighted by Gasteiger charge is 2.30. The van der Waals surface area contributed by atoms with E-state index < -0.39 is 0 Å². The van der Waals surface area contributed by atoms with Gasteiger partial charge in [0.1, 0.15) is 11.6 Å². The van der Waals surface area contributed by atoms with E-state index in [4.69, 9.17) is 16.3 Å². The highest BCUT2D eigenvalue weighted by Crippen LogP contribution is 2.32. The first-order valence-corrected chi connectivity index (χ1v) is 7.06. The minimum absolute atomic E-state index is 0.197. The summed E-state index contributed by atoms with van der Waals surface area (Å²) in [6.45, 7) is 0.612. The molecule has 0 saturated carbocycles. The monoisotopic (exact) mass is 308 g/mol. The first kappa shape index (κ1) is 14.1. The van der Waals surface area contributed by atoms with Crippen LogP contribution in [0.1, 0.15) is 12.1 Å². The first-order chi connectivity index (χ1) is 10.1. The second kappa shape index (κ2) is 5.48. The van der Waals surface area contributed by atoms with Crippen LogP contribution in [0.25, 0.3) is 11.4 Å². The standard InChI is InChI=1S/C15H14ClFN2O2/c1-21-15(20)10-5-6-19-12(8-10)13(16)18-14(19)9-3-2-4-11(17)7-9/h2-4,7,10H,5-6,8H2,1H3. The number of methoxy groups -OCH3 is 1. The largest absolute Gasteiger partial charge is 0.469 e. The second-order valence-corrected chi connectivity index (χ2v) is 5.41. The summed E-state index contributed by atoms with van der Waals surface area (Å²) in [7, 11) is 1.38. The number of carbonyl (C=O) groups excluding carboxylic acids is 1. The van der Waals surface area contributed by atoms with Crippen LogP contribution in [0.3, 0.4) is 0 Å². The fourth-order valence-electron chi connectivity index (χ4n) is 2.73. The topological polar surface area (TPSA) is 44.1 Å². The number of benzene rings is 1. The van der Waals surface area contributed by atoms with Crippen molar-refractivity contribution in [2.45, 2.75) is 19.4 Å². The number of imidazole rings is 1. The van der Waals surface area contributed by atoms with Crippen LogP contribution in [0, 0.1) is 11.7 Å². The third-order valence-electron chi connectivity index (χ3n) is 3.78. The van der Waals surface area contributed by atoms with Crippen molar-refractivity contribution in [1.29, 1.82) is 0 Å². The number of esters is 1. The number of carbonyl (C=O) groups is 1. The van der Waals surface area contributed by atoms with E-state index in [0.717, 1.165) is 5.69 Å². The molecule has 110 valence electrons. The van der Waals surface area contributed by atoms with Crippen LogP contribution in [0.4, 0.5) is 4.39 Å². The van der Waals surface area contributed by atoms with E-state index in [9.17, 15) is 9.18 Å². The molecule has 0 bridgehead atoms. The zero-order chi connectivity index (χ0) is 15.0. The number of ether oxygens (including phenoxy) is 1. The summed E-state index contributed by atoms with van der Waals surface area (Å²) in [4.78, 5) is 16.0. The summed E-state index contributed by atoms with van der Waals surface area (Å²) in [6, 6.07) is 6.25. The van der Waals surface area contributed by atoms with Gasteiger partial charge in [-0.25, -0.2) is 9.37 Å². The Morgan fingerprint density at radius 3 is 3.05 bits per heavy atom. The summed E-state index contributed by atoms with van der Waals surface area (Å²) < 4.78 is 20.1. The van der Waals surface area contributed by atoms with E-state index in [1.165, 1.54) is 19.2 Å². The Hall–Kier alpha value is -1.88. The highest BCUT2D eigenvalue weighted by molar-refractivity contribution is 6.30. The molecule has 0 spiro atoms. The lowest BCUT2D eigenvalue weighted by atomic mass is 9.96. The van der Waals surface area contributed by atoms with Crippen LogP contribution in [0.15, 0.2) is 24.3 Å². The molecule has 2 aromatic rings. The second-order valence-electron chi connectivity index (χ2n) is 5.05. The fraction of sp³-hybridized carbons (Fsp3) is 0.333. The Kier molecular flexibility index (Phi) is 3.68. The first-order valence-electron chi connectivity index (χ1n) is 6.69. The molecule has 4 nitrogen and oxygen atoms in total. The molecular weight excluding hydrogens is 295 g/mol. The Morgan fingerprint density at radius 2 is 2.33 bits per heavy atom. The van der Waals surface area contributed by atoms with Gasteiger partial charge in [-0.1, -0.05) is 23.7 Å². The van der Waals surface area contributed by atoms with Gasteiger partial charge in [0.15, 0.2) is 5.15 Å². The molecule has 1 aliphatic heterocycles. The third kappa shape index (κ3) is 2.53. The molecule has 0 N–H and O–H groups in total. The highest BCUT2D eigenvalue weighted by atomic mass is 35.5. The Labute approximate surface area is 126 Å². The van der Waals surface area contributed by atoms with Crippen molar-refractivity contribution in [3.05, 3.63) is 40.9 Å². The number of fused-ring (bicyclic) bond motifs is 1. The molecule has 1 aromatic carbocycles. The number of halogens is 2. The SMILES string of the molecule is COC(=O)C1CCn2c(-c3cccc(F)c3)nc(Cl)c2C1. The summed E-state index contributed by atoms with van der Waals surface area (Å²) in [5, 5.41) is 0.364. The lowest BCUT2D eigenvalue weighted by Gasteiger charge is -2.23. The molecule has 1 aliphatic rings. The maximum atomic E-state index is 13.4. The molecule has 2 heterocycles. The van der Waals surface area contributed by atoms with Gasteiger partial charge in [-0.3, -0.25) is 4.79 Å². The van der Waals surface area contributed by atoms with Crippen molar-refractivity contribution in [2.24, 2.45) is 5.92 Å². The van der Waals surface area contributed by atoms with Gasteiger partial charge in [0.25, 0.3) is 0 Å². The van der Waals surface area contributed by atoms with E-state index in [1.54, 1.807) is 12.1 Å². The van der Waals surface area contributed by atoms with Gasteiger partial charge in [-0.2, -0.15) is 0 Å². The lowest BCUT2D eigenvalue weighted by molar-refractivity contribution is -0.146. The molecule has 3 rings (SSSR count). The van der Waals surface area contributed by atoms with Crippen LogP contribution in [-0.2, 0) is 22.5 Å². The van der Waals surface area contributed by atoms with Crippen molar-refractivity contribution in [1.82, 2.24) is 9.55 Å². The molecule has 6 heteroatoms. The summed E-state index contributed by atoms with van der Waals surface area (Å²) >= 11 is 6.19. The molecule has 0 fully saturated rings. The lowest BCUT2D eigenvalue weighted by Crippen LogP contribution is -2.26. The molecule has 0 saturated heterocycles. The summed E-state index contributed by atoms with van der Waals surface area (Å²) in [6.07, 6.45) is 1.16. The van der Waals surface area contributed by atoms with Crippen LogP contribution in [-0.4, -0.2) is 22.6 Å². The number of hydrogen-bond donors (Lipinski definition) is 0. The van der Waals surface area contributed by atoms with E-state index in [0.29, 0.717) is 35.9 Å². The molecular formula is C15H14ClFN2O2. The molecule has 1 atom stereocenters. The Bertz CT molecular complexity index is 699. The maximum Gasteiger partial charge on any atom is 0.309 e. The number of aromatic nitrogens is 2. The van der Waals surface area contributed by atoms with Gasteiger partial charge in [-0.15, -0.1) is 0 Å². The zero-order valence-corrected chi connectivity index (χ0v) is 12.2. The molecule has 21 heavy (non-hydrogen) atoms. The van der Waals surface area contributed by atoms with E-state index in [1.807, 2.05) is 4.57 Å². The van der Waals surface area contributed by atoms with Gasteiger partial charge in [-0.05, 0) is 18.6 Å². The van der Waals surface area contributed by atoms with Crippen molar-refractivity contribution < 1.29 is 13.9 Å². The van der Waals surface area contributed by atoms with Crippen molar-refractivity contribution in [3.63, 3.8) is 0 Å². The van der Waals surface area contributed by atoms with Gasteiger partial charge < -0.3 is 9.30 Å². The van der Waals surface area contributed by atoms with Crippen LogP contribution < -0.4 is 0 Å². The van der Waals surface area contributed by atoms with Gasteiger partial charge in [0.2, 0.25) is 0 Å². The van der Waals surface area contributed by atoms with Gasteiger partial charge in [0.05, 0.1) is 18.7 Å². The smallest absolute Gasteiger partial charge is 0.309 e.